The third-order valence-corrected chi connectivity index (χ3v) is 4.82. The molecule has 1 saturated carbocycles. The van der Waals surface area contributed by atoms with Crippen molar-refractivity contribution in [2.45, 2.75) is 50.7 Å². The fraction of sp³-hybridized carbons (Fsp3) is 0.909. The Bertz CT molecular complexity index is 363. The van der Waals surface area contributed by atoms with Gasteiger partial charge in [0.05, 0.1) is 11.9 Å². The van der Waals surface area contributed by atoms with E-state index in [1.165, 1.54) is 0 Å². The molecule has 1 unspecified atom stereocenters. The quantitative estimate of drug-likeness (QED) is 0.804. The van der Waals surface area contributed by atoms with Gasteiger partial charge in [0.25, 0.3) is 0 Å². The third kappa shape index (κ3) is 4.04. The highest BCUT2D eigenvalue weighted by atomic mass is 32.2. The fourth-order valence-corrected chi connectivity index (χ4v) is 3.97. The van der Waals surface area contributed by atoms with E-state index < -0.39 is 10.0 Å². The first-order valence-corrected chi connectivity index (χ1v) is 7.84. The van der Waals surface area contributed by atoms with E-state index in [9.17, 15) is 13.2 Å². The van der Waals surface area contributed by atoms with Gasteiger partial charge in [0.2, 0.25) is 10.0 Å². The van der Waals surface area contributed by atoms with E-state index in [-0.39, 0.29) is 23.7 Å². The van der Waals surface area contributed by atoms with Gasteiger partial charge in [-0.25, -0.2) is 13.1 Å². The molecule has 0 bridgehead atoms. The highest BCUT2D eigenvalue weighted by Gasteiger charge is 2.27. The van der Waals surface area contributed by atoms with Crippen LogP contribution in [0.2, 0.25) is 0 Å². The molecule has 0 amide bonds. The first-order valence-electron chi connectivity index (χ1n) is 6.18. The van der Waals surface area contributed by atoms with Crippen molar-refractivity contribution in [1.29, 1.82) is 0 Å². The summed E-state index contributed by atoms with van der Waals surface area (Å²) >= 11 is 0. The minimum Gasteiger partial charge on any atom is -0.377 e. The highest BCUT2D eigenvalue weighted by molar-refractivity contribution is 7.89. The molecule has 0 aromatic carbocycles. The topological polar surface area (TPSA) is 72.5 Å². The van der Waals surface area contributed by atoms with Crippen LogP contribution in [0.15, 0.2) is 0 Å². The zero-order valence-corrected chi connectivity index (χ0v) is 10.7. The van der Waals surface area contributed by atoms with Gasteiger partial charge in [-0.3, -0.25) is 4.79 Å². The number of Topliss-reactive ketones (excluding diaryl/α,β-unsaturated/α-hetero) is 1. The molecule has 1 N–H and O–H groups in total. The highest BCUT2D eigenvalue weighted by Crippen LogP contribution is 2.17. The second-order valence-electron chi connectivity index (χ2n) is 4.85. The van der Waals surface area contributed by atoms with Gasteiger partial charge in [-0.2, -0.15) is 0 Å². The zero-order chi connectivity index (χ0) is 12.3. The number of ketones is 1. The largest absolute Gasteiger partial charge is 0.377 e. The summed E-state index contributed by atoms with van der Waals surface area (Å²) < 4.78 is 31.7. The van der Waals surface area contributed by atoms with Crippen molar-refractivity contribution >= 4 is 15.8 Å². The van der Waals surface area contributed by atoms with Crippen LogP contribution in [-0.2, 0) is 19.6 Å². The molecular weight excluding hydrogens is 242 g/mol. The molecule has 0 spiro atoms. The molecule has 1 aliphatic heterocycles. The average Bonchev–Trinajstić information content (AvgIpc) is 2.73. The SMILES string of the molecule is O=C1CCC(NS(=O)(=O)CC2CCCO2)CC1. The average molecular weight is 261 g/mol. The molecular formula is C11H19NO4S. The van der Waals surface area contributed by atoms with Crippen LogP contribution in [0.1, 0.15) is 38.5 Å². The van der Waals surface area contributed by atoms with Gasteiger partial charge in [-0.1, -0.05) is 0 Å². The van der Waals surface area contributed by atoms with E-state index in [0.29, 0.717) is 32.3 Å². The van der Waals surface area contributed by atoms with Crippen LogP contribution in [0.3, 0.4) is 0 Å². The molecule has 1 heterocycles. The monoisotopic (exact) mass is 261 g/mol. The van der Waals surface area contributed by atoms with Crippen LogP contribution in [-0.4, -0.2) is 38.7 Å². The number of nitrogens with one attached hydrogen (secondary N) is 1. The number of sulfonamides is 1. The maximum Gasteiger partial charge on any atom is 0.214 e. The maximum absolute atomic E-state index is 11.9. The first kappa shape index (κ1) is 13.0. The Morgan fingerprint density at radius 2 is 1.94 bits per heavy atom. The standard InChI is InChI=1S/C11H19NO4S/c13-10-5-3-9(4-6-10)12-17(14,15)8-11-2-1-7-16-11/h9,11-12H,1-8H2. The van der Waals surface area contributed by atoms with Crippen molar-refractivity contribution in [2.24, 2.45) is 0 Å². The number of hydrogen-bond donors (Lipinski definition) is 1. The molecule has 17 heavy (non-hydrogen) atoms. The Kier molecular flexibility index (Phi) is 4.17. The Hall–Kier alpha value is -0.460. The molecule has 1 saturated heterocycles. The normalized spacial score (nSPS) is 27.5. The van der Waals surface area contributed by atoms with Crippen molar-refractivity contribution in [3.8, 4) is 0 Å². The minimum atomic E-state index is -3.27. The molecule has 1 aliphatic carbocycles. The lowest BCUT2D eigenvalue weighted by atomic mass is 9.95. The van der Waals surface area contributed by atoms with Crippen molar-refractivity contribution in [2.75, 3.05) is 12.4 Å². The zero-order valence-electron chi connectivity index (χ0n) is 9.85. The smallest absolute Gasteiger partial charge is 0.214 e. The summed E-state index contributed by atoms with van der Waals surface area (Å²) in [5.41, 5.74) is 0. The summed E-state index contributed by atoms with van der Waals surface area (Å²) in [7, 11) is -3.27. The van der Waals surface area contributed by atoms with Crippen molar-refractivity contribution in [3.63, 3.8) is 0 Å². The lowest BCUT2D eigenvalue weighted by Crippen LogP contribution is -2.41. The predicted octanol–water partition coefficient (Wildman–Crippen LogP) is 0.596. The Morgan fingerprint density at radius 3 is 2.53 bits per heavy atom. The van der Waals surface area contributed by atoms with Gasteiger partial charge < -0.3 is 4.74 Å². The van der Waals surface area contributed by atoms with Crippen molar-refractivity contribution < 1.29 is 17.9 Å². The Balaban J connectivity index is 1.82. The van der Waals surface area contributed by atoms with Crippen LogP contribution >= 0.6 is 0 Å². The van der Waals surface area contributed by atoms with Crippen LogP contribution < -0.4 is 4.72 Å². The Labute approximate surface area is 102 Å². The number of hydrogen-bond acceptors (Lipinski definition) is 4. The lowest BCUT2D eigenvalue weighted by Gasteiger charge is -2.22. The minimum absolute atomic E-state index is 0.0530. The van der Waals surface area contributed by atoms with Crippen LogP contribution in [0, 0.1) is 0 Å². The summed E-state index contributed by atoms with van der Waals surface area (Å²) in [6.45, 7) is 0.665. The molecule has 5 nitrogen and oxygen atoms in total. The summed E-state index contributed by atoms with van der Waals surface area (Å²) in [6.07, 6.45) is 3.85. The van der Waals surface area contributed by atoms with Crippen LogP contribution in [0.5, 0.6) is 0 Å². The van der Waals surface area contributed by atoms with Crippen LogP contribution in [0.4, 0.5) is 0 Å². The summed E-state index contributed by atoms with van der Waals surface area (Å²) in [5.74, 6) is 0.289. The molecule has 6 heteroatoms. The second-order valence-corrected chi connectivity index (χ2v) is 6.65. The van der Waals surface area contributed by atoms with Crippen LogP contribution in [0.25, 0.3) is 0 Å². The van der Waals surface area contributed by atoms with Gasteiger partial charge in [-0.15, -0.1) is 0 Å². The van der Waals surface area contributed by atoms with E-state index in [1.54, 1.807) is 0 Å². The van der Waals surface area contributed by atoms with E-state index in [2.05, 4.69) is 4.72 Å². The fourth-order valence-electron chi connectivity index (χ4n) is 2.38. The molecule has 0 aromatic heterocycles. The van der Waals surface area contributed by atoms with Gasteiger partial charge >= 0.3 is 0 Å². The molecule has 2 rings (SSSR count). The number of rotatable bonds is 4. The lowest BCUT2D eigenvalue weighted by molar-refractivity contribution is -0.120. The molecule has 1 atom stereocenters. The van der Waals surface area contributed by atoms with Gasteiger partial charge in [0, 0.05) is 25.5 Å². The number of ether oxygens (including phenoxy) is 1. The maximum atomic E-state index is 11.9. The van der Waals surface area contributed by atoms with E-state index in [1.807, 2.05) is 0 Å². The molecule has 98 valence electrons. The molecule has 0 aromatic rings. The van der Waals surface area contributed by atoms with Crippen molar-refractivity contribution in [1.82, 2.24) is 4.72 Å². The summed E-state index contributed by atoms with van der Waals surface area (Å²) in [5, 5.41) is 0. The van der Waals surface area contributed by atoms with Gasteiger partial charge in [0.15, 0.2) is 0 Å². The molecule has 2 fully saturated rings. The third-order valence-electron chi connectivity index (χ3n) is 3.32. The van der Waals surface area contributed by atoms with E-state index >= 15 is 0 Å². The van der Waals surface area contributed by atoms with Crippen molar-refractivity contribution in [3.05, 3.63) is 0 Å². The summed E-state index contributed by atoms with van der Waals surface area (Å²) in [4.78, 5) is 11.1. The Morgan fingerprint density at radius 1 is 1.24 bits per heavy atom. The molecule has 2 aliphatic rings. The predicted molar refractivity (Wildman–Crippen MR) is 63.2 cm³/mol. The van der Waals surface area contributed by atoms with E-state index in [0.717, 1.165) is 12.8 Å². The first-order chi connectivity index (χ1) is 8.05. The van der Waals surface area contributed by atoms with Gasteiger partial charge in [-0.05, 0) is 25.7 Å². The number of carbonyl (C=O) groups excluding carboxylic acids is 1. The van der Waals surface area contributed by atoms with Gasteiger partial charge in [0.1, 0.15) is 5.78 Å². The molecule has 0 radical (unpaired) electrons. The number of carbonyl (C=O) groups is 1. The second kappa shape index (κ2) is 5.46. The summed E-state index contributed by atoms with van der Waals surface area (Å²) in [6, 6.07) is -0.0703. The van der Waals surface area contributed by atoms with E-state index in [4.69, 9.17) is 4.74 Å².